The molecule has 1 aliphatic carbocycles. The number of benzene rings is 1. The molecular formula is C19H28O5. The first kappa shape index (κ1) is 17.5. The largest absolute Gasteiger partial charge is 0.493 e. The number of rotatable bonds is 5. The smallest absolute Gasteiger partial charge is 0.168 e. The van der Waals surface area contributed by atoms with Crippen LogP contribution in [0.5, 0.6) is 11.5 Å². The minimum absolute atomic E-state index is 0.0532. The summed E-state index contributed by atoms with van der Waals surface area (Å²) in [5, 5.41) is 10.8. The van der Waals surface area contributed by atoms with Crippen LogP contribution in [0.25, 0.3) is 0 Å². The number of ether oxygens (including phenoxy) is 4. The van der Waals surface area contributed by atoms with Crippen molar-refractivity contribution in [2.45, 2.75) is 57.5 Å². The molecule has 3 rings (SSSR count). The van der Waals surface area contributed by atoms with Gasteiger partial charge in [-0.25, -0.2) is 0 Å². The van der Waals surface area contributed by atoms with Crippen LogP contribution >= 0.6 is 0 Å². The second-order valence-corrected chi connectivity index (χ2v) is 6.97. The molecule has 1 saturated carbocycles. The summed E-state index contributed by atoms with van der Waals surface area (Å²) in [5.74, 6) is 1.19. The number of aliphatic hydroxyl groups excluding tert-OH is 1. The highest BCUT2D eigenvalue weighted by atomic mass is 16.7. The predicted molar refractivity (Wildman–Crippen MR) is 90.3 cm³/mol. The van der Waals surface area contributed by atoms with Crippen LogP contribution < -0.4 is 9.47 Å². The Hall–Kier alpha value is -1.30. The van der Waals surface area contributed by atoms with E-state index in [0.717, 1.165) is 31.2 Å². The lowest BCUT2D eigenvalue weighted by Gasteiger charge is -2.37. The molecule has 5 heteroatoms. The molecule has 0 radical (unpaired) electrons. The molecule has 1 aromatic rings. The van der Waals surface area contributed by atoms with Gasteiger partial charge in [-0.2, -0.15) is 0 Å². The predicted octanol–water partition coefficient (Wildman–Crippen LogP) is 3.45. The van der Waals surface area contributed by atoms with Gasteiger partial charge in [0.05, 0.1) is 32.5 Å². The average molecular weight is 336 g/mol. The summed E-state index contributed by atoms with van der Waals surface area (Å²) in [6, 6.07) is 5.68. The van der Waals surface area contributed by atoms with Crippen molar-refractivity contribution in [1.29, 1.82) is 0 Å². The quantitative estimate of drug-likeness (QED) is 0.892. The summed E-state index contributed by atoms with van der Waals surface area (Å²) in [5.41, 5.74) is 0.876. The van der Waals surface area contributed by atoms with Crippen molar-refractivity contribution in [1.82, 2.24) is 0 Å². The Balaban J connectivity index is 1.69. The fraction of sp³-hybridized carbons (Fsp3) is 0.684. The van der Waals surface area contributed by atoms with Gasteiger partial charge >= 0.3 is 0 Å². The Kier molecular flexibility index (Phi) is 5.33. The Morgan fingerprint density at radius 1 is 1.12 bits per heavy atom. The fourth-order valence-corrected chi connectivity index (χ4v) is 3.68. The van der Waals surface area contributed by atoms with Gasteiger partial charge < -0.3 is 24.1 Å². The fourth-order valence-electron chi connectivity index (χ4n) is 3.68. The van der Waals surface area contributed by atoms with Crippen LogP contribution in [-0.2, 0) is 9.47 Å². The third-order valence-electron chi connectivity index (χ3n) is 4.94. The molecular weight excluding hydrogens is 308 g/mol. The zero-order valence-corrected chi connectivity index (χ0v) is 14.8. The molecule has 5 nitrogen and oxygen atoms in total. The van der Waals surface area contributed by atoms with Crippen molar-refractivity contribution in [3.63, 3.8) is 0 Å². The molecule has 2 aliphatic rings. The Labute approximate surface area is 143 Å². The maximum Gasteiger partial charge on any atom is 0.168 e. The van der Waals surface area contributed by atoms with Crippen molar-refractivity contribution in [3.05, 3.63) is 23.8 Å². The molecule has 0 amide bonds. The molecule has 2 fully saturated rings. The lowest BCUT2D eigenvalue weighted by Crippen LogP contribution is -2.36. The van der Waals surface area contributed by atoms with Gasteiger partial charge in [0.25, 0.3) is 0 Å². The van der Waals surface area contributed by atoms with E-state index >= 15 is 0 Å². The first-order chi connectivity index (χ1) is 11.5. The monoisotopic (exact) mass is 336 g/mol. The molecule has 1 saturated heterocycles. The van der Waals surface area contributed by atoms with Crippen molar-refractivity contribution in [2.75, 3.05) is 20.3 Å². The van der Waals surface area contributed by atoms with Gasteiger partial charge in [0.15, 0.2) is 17.3 Å². The van der Waals surface area contributed by atoms with E-state index in [1.54, 1.807) is 7.11 Å². The van der Waals surface area contributed by atoms with Crippen LogP contribution in [0.15, 0.2) is 18.2 Å². The second kappa shape index (κ2) is 7.30. The summed E-state index contributed by atoms with van der Waals surface area (Å²) in [6.07, 6.45) is 3.03. The Bertz CT molecular complexity index is 541. The maximum absolute atomic E-state index is 10.8. The first-order valence-corrected chi connectivity index (χ1v) is 8.83. The van der Waals surface area contributed by atoms with Crippen LogP contribution in [0, 0.1) is 5.92 Å². The number of hydrogen-bond donors (Lipinski definition) is 1. The highest BCUT2D eigenvalue weighted by Crippen LogP contribution is 2.43. The SMILES string of the molecule is COc1ccc(C(O)C2CCC3(CC2)OCCO3)cc1OC(C)C. The normalized spacial score (nSPS) is 22.0. The summed E-state index contributed by atoms with van der Waals surface area (Å²) in [6.45, 7) is 5.32. The molecule has 1 aromatic carbocycles. The second-order valence-electron chi connectivity index (χ2n) is 6.97. The number of aliphatic hydroxyl groups is 1. The van der Waals surface area contributed by atoms with E-state index in [-0.39, 0.29) is 17.8 Å². The molecule has 1 heterocycles. The zero-order chi connectivity index (χ0) is 17.2. The molecule has 134 valence electrons. The van der Waals surface area contributed by atoms with Gasteiger partial charge in [-0.15, -0.1) is 0 Å². The summed E-state index contributed by atoms with van der Waals surface area (Å²) in [4.78, 5) is 0. The average Bonchev–Trinajstić information content (AvgIpc) is 3.02. The molecule has 1 unspecified atom stereocenters. The maximum atomic E-state index is 10.8. The summed E-state index contributed by atoms with van der Waals surface area (Å²) < 4.78 is 22.7. The van der Waals surface area contributed by atoms with Crippen LogP contribution in [0.3, 0.4) is 0 Å². The Morgan fingerprint density at radius 2 is 1.79 bits per heavy atom. The lowest BCUT2D eigenvalue weighted by atomic mass is 9.80. The van der Waals surface area contributed by atoms with E-state index in [0.29, 0.717) is 24.7 Å². The van der Waals surface area contributed by atoms with Crippen molar-refractivity contribution in [3.8, 4) is 11.5 Å². The minimum Gasteiger partial charge on any atom is -0.493 e. The van der Waals surface area contributed by atoms with Gasteiger partial charge in [0, 0.05) is 12.8 Å². The van der Waals surface area contributed by atoms with Crippen molar-refractivity contribution >= 4 is 0 Å². The third kappa shape index (κ3) is 3.68. The van der Waals surface area contributed by atoms with Crippen LogP contribution in [0.2, 0.25) is 0 Å². The van der Waals surface area contributed by atoms with Crippen LogP contribution in [-0.4, -0.2) is 37.3 Å². The number of hydrogen-bond acceptors (Lipinski definition) is 5. The minimum atomic E-state index is -0.510. The van der Waals surface area contributed by atoms with E-state index in [9.17, 15) is 5.11 Å². The number of methoxy groups -OCH3 is 1. The van der Waals surface area contributed by atoms with Crippen molar-refractivity contribution < 1.29 is 24.1 Å². The first-order valence-electron chi connectivity index (χ1n) is 8.83. The molecule has 24 heavy (non-hydrogen) atoms. The molecule has 0 bridgehead atoms. The van der Waals surface area contributed by atoms with E-state index in [4.69, 9.17) is 18.9 Å². The summed E-state index contributed by atoms with van der Waals surface area (Å²) >= 11 is 0. The van der Waals surface area contributed by atoms with E-state index in [2.05, 4.69) is 0 Å². The van der Waals surface area contributed by atoms with Gasteiger partial charge in [0.2, 0.25) is 0 Å². The van der Waals surface area contributed by atoms with E-state index in [1.165, 1.54) is 0 Å². The molecule has 1 spiro atoms. The standard InChI is InChI=1S/C19H28O5/c1-13(2)24-17-12-15(4-5-16(17)21-3)18(20)14-6-8-19(9-7-14)22-10-11-23-19/h4-5,12-14,18,20H,6-11H2,1-3H3. The highest BCUT2D eigenvalue weighted by Gasteiger charge is 2.42. The molecule has 0 aromatic heterocycles. The van der Waals surface area contributed by atoms with Gasteiger partial charge in [-0.05, 0) is 50.3 Å². The molecule has 1 atom stereocenters. The van der Waals surface area contributed by atoms with Gasteiger partial charge in [-0.3, -0.25) is 0 Å². The molecule has 1 aliphatic heterocycles. The molecule has 1 N–H and O–H groups in total. The Morgan fingerprint density at radius 3 is 2.38 bits per heavy atom. The summed E-state index contributed by atoms with van der Waals surface area (Å²) in [7, 11) is 1.63. The van der Waals surface area contributed by atoms with Crippen LogP contribution in [0.4, 0.5) is 0 Å². The third-order valence-corrected chi connectivity index (χ3v) is 4.94. The van der Waals surface area contributed by atoms with Crippen LogP contribution in [0.1, 0.15) is 51.2 Å². The van der Waals surface area contributed by atoms with Gasteiger partial charge in [-0.1, -0.05) is 6.07 Å². The lowest BCUT2D eigenvalue weighted by molar-refractivity contribution is -0.187. The van der Waals surface area contributed by atoms with Crippen molar-refractivity contribution in [2.24, 2.45) is 5.92 Å². The highest BCUT2D eigenvalue weighted by molar-refractivity contribution is 5.43. The van der Waals surface area contributed by atoms with E-state index < -0.39 is 6.10 Å². The zero-order valence-electron chi connectivity index (χ0n) is 14.8. The van der Waals surface area contributed by atoms with E-state index in [1.807, 2.05) is 32.0 Å². The topological polar surface area (TPSA) is 57.2 Å². The van der Waals surface area contributed by atoms with Gasteiger partial charge in [0.1, 0.15) is 0 Å².